The second-order valence-electron chi connectivity index (χ2n) is 6.35. The molecule has 2 aromatic carbocycles. The van der Waals surface area contributed by atoms with Gasteiger partial charge in [-0.3, -0.25) is 14.3 Å². The van der Waals surface area contributed by atoms with Crippen molar-refractivity contribution in [1.82, 2.24) is 14.2 Å². The number of nitrogens with zero attached hydrogens (tertiary/aromatic N) is 3. The molecule has 0 fully saturated rings. The third-order valence-electron chi connectivity index (χ3n) is 4.35. The van der Waals surface area contributed by atoms with Crippen LogP contribution >= 0.6 is 0 Å². The van der Waals surface area contributed by atoms with Crippen LogP contribution in [0.2, 0.25) is 0 Å². The van der Waals surface area contributed by atoms with Crippen LogP contribution < -0.4 is 10.9 Å². The molecule has 0 saturated carbocycles. The largest absolute Gasteiger partial charge is 0.321 e. The topological polar surface area (TPSA) is 68.4 Å². The molecule has 0 atom stereocenters. The molecular weight excluding hydrogens is 340 g/mol. The van der Waals surface area contributed by atoms with Crippen molar-refractivity contribution in [2.45, 2.75) is 13.5 Å². The molecule has 6 heteroatoms. The first-order chi connectivity index (χ1) is 13.1. The maximum Gasteiger partial charge on any atom is 0.273 e. The van der Waals surface area contributed by atoms with Crippen LogP contribution in [0.3, 0.4) is 0 Å². The zero-order valence-electron chi connectivity index (χ0n) is 14.8. The van der Waals surface area contributed by atoms with Crippen LogP contribution in [-0.2, 0) is 6.54 Å². The van der Waals surface area contributed by atoms with Crippen molar-refractivity contribution in [3.05, 3.63) is 100 Å². The molecule has 0 saturated heterocycles. The number of fused-ring (bicyclic) bond motifs is 1. The predicted octanol–water partition coefficient (Wildman–Crippen LogP) is 3.11. The Kier molecular flexibility index (Phi) is 4.30. The van der Waals surface area contributed by atoms with E-state index >= 15 is 0 Å². The number of carbonyl (C=O) groups is 1. The predicted molar refractivity (Wildman–Crippen MR) is 104 cm³/mol. The maximum absolute atomic E-state index is 12.9. The highest BCUT2D eigenvalue weighted by Crippen LogP contribution is 2.14. The van der Waals surface area contributed by atoms with E-state index in [1.165, 1.54) is 16.8 Å². The van der Waals surface area contributed by atoms with Crippen molar-refractivity contribution in [2.24, 2.45) is 0 Å². The lowest BCUT2D eigenvalue weighted by Crippen LogP contribution is -2.25. The Morgan fingerprint density at radius 3 is 2.52 bits per heavy atom. The van der Waals surface area contributed by atoms with Gasteiger partial charge in [0.05, 0.1) is 6.54 Å². The van der Waals surface area contributed by atoms with Gasteiger partial charge in [0.15, 0.2) is 5.65 Å². The number of amides is 1. The normalized spacial score (nSPS) is 10.9. The van der Waals surface area contributed by atoms with Crippen LogP contribution in [0.1, 0.15) is 21.6 Å². The number of nitrogens with one attached hydrogen (secondary N) is 1. The van der Waals surface area contributed by atoms with Gasteiger partial charge in [0.2, 0.25) is 0 Å². The maximum atomic E-state index is 12.9. The van der Waals surface area contributed by atoms with Gasteiger partial charge in [0, 0.05) is 24.0 Å². The molecule has 0 unspecified atom stereocenters. The Labute approximate surface area is 155 Å². The highest BCUT2D eigenvalue weighted by atomic mass is 16.2. The second kappa shape index (κ2) is 6.92. The van der Waals surface area contributed by atoms with Gasteiger partial charge in [-0.05, 0) is 24.6 Å². The van der Waals surface area contributed by atoms with Crippen LogP contribution in [0.4, 0.5) is 5.69 Å². The van der Waals surface area contributed by atoms with Crippen molar-refractivity contribution < 1.29 is 4.79 Å². The average molecular weight is 358 g/mol. The zero-order valence-corrected chi connectivity index (χ0v) is 14.8. The van der Waals surface area contributed by atoms with Gasteiger partial charge in [-0.1, -0.05) is 48.0 Å². The second-order valence-corrected chi connectivity index (χ2v) is 6.35. The first-order valence-corrected chi connectivity index (χ1v) is 8.61. The minimum absolute atomic E-state index is 0.231. The summed E-state index contributed by atoms with van der Waals surface area (Å²) in [5, 5.41) is 2.89. The number of rotatable bonds is 4. The highest BCUT2D eigenvalue weighted by molar-refractivity contribution is 6.03. The van der Waals surface area contributed by atoms with E-state index in [0.717, 1.165) is 11.1 Å². The van der Waals surface area contributed by atoms with Crippen LogP contribution in [0, 0.1) is 6.92 Å². The van der Waals surface area contributed by atoms with Crippen LogP contribution in [0.15, 0.2) is 77.7 Å². The highest BCUT2D eigenvalue weighted by Gasteiger charge is 2.18. The molecule has 0 radical (unpaired) electrons. The smallest absolute Gasteiger partial charge is 0.273 e. The quantitative estimate of drug-likeness (QED) is 0.609. The molecular formula is C21H18N4O2. The number of aryl methyl sites for hydroxylation is 1. The van der Waals surface area contributed by atoms with Gasteiger partial charge in [-0.25, -0.2) is 4.98 Å². The summed E-state index contributed by atoms with van der Waals surface area (Å²) < 4.78 is 3.08. The number of aromatic nitrogens is 3. The molecule has 0 spiro atoms. The van der Waals surface area contributed by atoms with Gasteiger partial charge in [-0.2, -0.15) is 4.52 Å². The van der Waals surface area contributed by atoms with Crippen molar-refractivity contribution in [2.75, 3.05) is 5.32 Å². The van der Waals surface area contributed by atoms with E-state index < -0.39 is 0 Å². The van der Waals surface area contributed by atoms with Crippen molar-refractivity contribution in [3.8, 4) is 0 Å². The van der Waals surface area contributed by atoms with Crippen LogP contribution in [-0.4, -0.2) is 20.1 Å². The first-order valence-electron chi connectivity index (χ1n) is 8.61. The van der Waals surface area contributed by atoms with Gasteiger partial charge < -0.3 is 5.32 Å². The molecule has 27 heavy (non-hydrogen) atoms. The molecule has 1 amide bonds. The number of hydrogen-bond acceptors (Lipinski definition) is 3. The number of anilines is 1. The minimum atomic E-state index is -0.292. The number of carbonyl (C=O) groups excluding carboxylic acids is 1. The van der Waals surface area contributed by atoms with Gasteiger partial charge in [-0.15, -0.1) is 0 Å². The first kappa shape index (κ1) is 16.8. The van der Waals surface area contributed by atoms with E-state index in [-0.39, 0.29) is 11.5 Å². The van der Waals surface area contributed by atoms with E-state index in [4.69, 9.17) is 0 Å². The third-order valence-corrected chi connectivity index (χ3v) is 4.35. The lowest BCUT2D eigenvalue weighted by Gasteiger charge is -2.11. The van der Waals surface area contributed by atoms with E-state index in [2.05, 4.69) is 10.3 Å². The van der Waals surface area contributed by atoms with Crippen LogP contribution in [0.5, 0.6) is 0 Å². The summed E-state index contributed by atoms with van der Waals surface area (Å²) in [4.78, 5) is 29.5. The summed E-state index contributed by atoms with van der Waals surface area (Å²) in [5.74, 6) is -0.292. The Bertz CT molecular complexity index is 1160. The Morgan fingerprint density at radius 1 is 1.04 bits per heavy atom. The summed E-state index contributed by atoms with van der Waals surface area (Å²) in [6.45, 7) is 2.37. The molecule has 1 N–H and O–H groups in total. The Balaban J connectivity index is 1.78. The minimum Gasteiger partial charge on any atom is -0.321 e. The average Bonchev–Trinajstić information content (AvgIpc) is 3.04. The summed E-state index contributed by atoms with van der Waals surface area (Å²) in [7, 11) is 0. The summed E-state index contributed by atoms with van der Waals surface area (Å²) in [6.07, 6.45) is 1.45. The fourth-order valence-electron chi connectivity index (χ4n) is 2.99. The van der Waals surface area contributed by atoms with Crippen molar-refractivity contribution in [3.63, 3.8) is 0 Å². The molecule has 4 aromatic rings. The Hall–Kier alpha value is -3.67. The molecule has 0 aliphatic carbocycles. The van der Waals surface area contributed by atoms with Gasteiger partial charge >= 0.3 is 0 Å². The number of hydrogen-bond donors (Lipinski definition) is 1. The number of benzene rings is 2. The summed E-state index contributed by atoms with van der Waals surface area (Å²) >= 11 is 0. The van der Waals surface area contributed by atoms with Crippen molar-refractivity contribution >= 4 is 17.2 Å². The Morgan fingerprint density at radius 2 is 1.78 bits per heavy atom. The molecule has 6 nitrogen and oxygen atoms in total. The van der Waals surface area contributed by atoms with Crippen LogP contribution in [0.25, 0.3) is 5.65 Å². The molecule has 0 bridgehead atoms. The third kappa shape index (κ3) is 3.37. The molecule has 134 valence electrons. The van der Waals surface area contributed by atoms with E-state index in [9.17, 15) is 9.59 Å². The lowest BCUT2D eigenvalue weighted by atomic mass is 10.2. The fourth-order valence-corrected chi connectivity index (χ4v) is 2.99. The van der Waals surface area contributed by atoms with E-state index in [1.54, 1.807) is 10.7 Å². The molecule has 0 aliphatic heterocycles. The fraction of sp³-hybridized carbons (Fsp3) is 0.0952. The summed E-state index contributed by atoms with van der Waals surface area (Å²) in [5.41, 5.74) is 3.37. The SMILES string of the molecule is Cc1ccc(NC(=O)c2cc3nccc(=O)n3n2Cc2ccccc2)cc1. The van der Waals surface area contributed by atoms with Gasteiger partial charge in [0.1, 0.15) is 5.69 Å². The summed E-state index contributed by atoms with van der Waals surface area (Å²) in [6, 6.07) is 20.3. The van der Waals surface area contributed by atoms with Crippen molar-refractivity contribution in [1.29, 1.82) is 0 Å². The molecule has 0 aliphatic rings. The standard InChI is InChI=1S/C21H18N4O2/c1-15-7-9-17(10-8-15)23-21(27)18-13-19-22-12-11-20(26)25(19)24(18)14-16-5-3-2-4-6-16/h2-13H,14H2,1H3,(H,23,27). The van der Waals surface area contributed by atoms with Gasteiger partial charge in [0.25, 0.3) is 11.5 Å². The lowest BCUT2D eigenvalue weighted by molar-refractivity contribution is 0.101. The zero-order chi connectivity index (χ0) is 18.8. The molecule has 2 heterocycles. The molecule has 2 aromatic heterocycles. The molecule has 4 rings (SSSR count). The van der Waals surface area contributed by atoms with E-state index in [0.29, 0.717) is 23.6 Å². The monoisotopic (exact) mass is 358 g/mol. The van der Waals surface area contributed by atoms with E-state index in [1.807, 2.05) is 61.5 Å².